The summed E-state index contributed by atoms with van der Waals surface area (Å²) in [5, 5.41) is 0. The minimum Gasteiger partial charge on any atom is -0.465 e. The van der Waals surface area contributed by atoms with Crippen LogP contribution >= 0.6 is 0 Å². The Hall–Kier alpha value is -1.94. The fraction of sp³-hybridized carbons (Fsp3) is 0.630. The molecule has 172 valence electrons. The molecule has 0 N–H and O–H groups in total. The molecule has 31 heavy (non-hydrogen) atoms. The Balaban J connectivity index is 2.00. The summed E-state index contributed by atoms with van der Waals surface area (Å²) in [6.45, 7) is 4.49. The van der Waals surface area contributed by atoms with Crippen LogP contribution in [-0.4, -0.2) is 23.4 Å². The minimum absolute atomic E-state index is 0.192. The molecule has 1 unspecified atom stereocenters. The summed E-state index contributed by atoms with van der Waals surface area (Å²) in [7, 11) is 1.74. The number of hydrogen-bond donors (Lipinski definition) is 0. The molecule has 0 aliphatic carbocycles. The van der Waals surface area contributed by atoms with E-state index < -0.39 is 0 Å². The van der Waals surface area contributed by atoms with E-state index in [0.717, 1.165) is 36.4 Å². The second-order valence-electron chi connectivity index (χ2n) is 8.40. The van der Waals surface area contributed by atoms with Crippen molar-refractivity contribution in [3.63, 3.8) is 0 Å². The zero-order valence-corrected chi connectivity index (χ0v) is 19.9. The fourth-order valence-corrected chi connectivity index (χ4v) is 3.85. The van der Waals surface area contributed by atoms with Crippen LogP contribution in [0.25, 0.3) is 11.4 Å². The first-order valence-corrected chi connectivity index (χ1v) is 12.4. The molecule has 0 fully saturated rings. The van der Waals surface area contributed by atoms with Gasteiger partial charge in [-0.05, 0) is 49.1 Å². The van der Waals surface area contributed by atoms with Crippen LogP contribution in [0.2, 0.25) is 0 Å². The van der Waals surface area contributed by atoms with Crippen molar-refractivity contribution in [3.05, 3.63) is 42.2 Å². The molecule has 2 rings (SSSR count). The van der Waals surface area contributed by atoms with Gasteiger partial charge in [-0.3, -0.25) is 0 Å². The number of ether oxygens (including phenoxy) is 2. The predicted octanol–water partition coefficient (Wildman–Crippen LogP) is 7.76. The normalized spacial score (nSPS) is 12.1. The smallest absolute Gasteiger partial charge is 0.199 e. The van der Waals surface area contributed by atoms with Crippen LogP contribution in [0.5, 0.6) is 5.75 Å². The van der Waals surface area contributed by atoms with Crippen LogP contribution in [0.1, 0.15) is 96.5 Å². The molecular formula is C27H42N2O2. The number of aryl methyl sites for hydroxylation is 1. The average Bonchev–Trinajstić information content (AvgIpc) is 2.81. The average molecular weight is 427 g/mol. The van der Waals surface area contributed by atoms with Gasteiger partial charge in [0.25, 0.3) is 0 Å². The summed E-state index contributed by atoms with van der Waals surface area (Å²) in [6, 6.07) is 8.17. The molecule has 0 spiro atoms. The zero-order valence-electron chi connectivity index (χ0n) is 19.9. The van der Waals surface area contributed by atoms with E-state index in [2.05, 4.69) is 42.0 Å². The number of benzene rings is 1. The van der Waals surface area contributed by atoms with Crippen molar-refractivity contribution >= 4 is 0 Å². The maximum absolute atomic E-state index is 6.29. The Morgan fingerprint density at radius 2 is 1.45 bits per heavy atom. The van der Waals surface area contributed by atoms with Crippen LogP contribution in [0.3, 0.4) is 0 Å². The monoisotopic (exact) mass is 426 g/mol. The molecule has 2 aromatic rings. The second-order valence-corrected chi connectivity index (χ2v) is 8.40. The minimum atomic E-state index is -0.192. The fourth-order valence-electron chi connectivity index (χ4n) is 3.85. The lowest BCUT2D eigenvalue weighted by Gasteiger charge is -2.20. The Kier molecular flexibility index (Phi) is 12.9. The molecule has 1 aromatic carbocycles. The van der Waals surface area contributed by atoms with Gasteiger partial charge in [0.05, 0.1) is 0 Å². The lowest BCUT2D eigenvalue weighted by Crippen LogP contribution is -2.19. The topological polar surface area (TPSA) is 44.2 Å². The molecule has 4 heteroatoms. The standard InChI is InChI=1S/C27H42N2O2/c1-4-6-8-9-10-11-12-14-16-23-22-24(27-28-20-15-21-29-27)18-19-25(23)31-26(30-3)17-13-7-5-2/h15,18-22,26H,4-14,16-17H2,1-3H3. The van der Waals surface area contributed by atoms with Crippen molar-refractivity contribution < 1.29 is 9.47 Å². The third-order valence-corrected chi connectivity index (χ3v) is 5.75. The van der Waals surface area contributed by atoms with Gasteiger partial charge in [-0.2, -0.15) is 0 Å². The number of aromatic nitrogens is 2. The molecule has 1 atom stereocenters. The van der Waals surface area contributed by atoms with E-state index in [-0.39, 0.29) is 6.29 Å². The zero-order chi connectivity index (χ0) is 22.2. The van der Waals surface area contributed by atoms with Crippen LogP contribution in [0.4, 0.5) is 0 Å². The third kappa shape index (κ3) is 9.82. The molecule has 0 radical (unpaired) electrons. The molecule has 4 nitrogen and oxygen atoms in total. The van der Waals surface area contributed by atoms with Gasteiger partial charge in [-0.15, -0.1) is 0 Å². The van der Waals surface area contributed by atoms with Crippen LogP contribution in [0.15, 0.2) is 36.7 Å². The predicted molar refractivity (Wildman–Crippen MR) is 129 cm³/mol. The van der Waals surface area contributed by atoms with Gasteiger partial charge < -0.3 is 9.47 Å². The SMILES string of the molecule is CCCCCCCCCCc1cc(-c2ncccn2)ccc1OC(CCCCC)OC. The van der Waals surface area contributed by atoms with Crippen molar-refractivity contribution in [1.29, 1.82) is 0 Å². The quantitative estimate of drug-likeness (QED) is 0.191. The Morgan fingerprint density at radius 3 is 2.13 bits per heavy atom. The maximum atomic E-state index is 6.29. The summed E-state index contributed by atoms with van der Waals surface area (Å²) in [4.78, 5) is 8.83. The van der Waals surface area contributed by atoms with Gasteiger partial charge >= 0.3 is 0 Å². The Morgan fingerprint density at radius 1 is 0.806 bits per heavy atom. The second kappa shape index (κ2) is 15.8. The van der Waals surface area contributed by atoms with Gasteiger partial charge in [0, 0.05) is 31.5 Å². The summed E-state index contributed by atoms with van der Waals surface area (Å²) < 4.78 is 11.9. The van der Waals surface area contributed by atoms with Crippen LogP contribution < -0.4 is 4.74 Å². The molecule has 0 aliphatic heterocycles. The van der Waals surface area contributed by atoms with Gasteiger partial charge in [0.15, 0.2) is 12.1 Å². The van der Waals surface area contributed by atoms with E-state index >= 15 is 0 Å². The van der Waals surface area contributed by atoms with Gasteiger partial charge in [0.1, 0.15) is 5.75 Å². The van der Waals surface area contributed by atoms with E-state index in [1.807, 2.05) is 6.07 Å². The number of unbranched alkanes of at least 4 members (excludes halogenated alkanes) is 9. The highest BCUT2D eigenvalue weighted by Gasteiger charge is 2.14. The highest BCUT2D eigenvalue weighted by atomic mass is 16.7. The van der Waals surface area contributed by atoms with Crippen molar-refractivity contribution in [1.82, 2.24) is 9.97 Å². The first kappa shape index (κ1) is 25.3. The number of methoxy groups -OCH3 is 1. The molecular weight excluding hydrogens is 384 g/mol. The Labute approximate surface area is 189 Å². The molecule has 1 aromatic heterocycles. The summed E-state index contributed by atoms with van der Waals surface area (Å²) in [5.74, 6) is 1.70. The van der Waals surface area contributed by atoms with Gasteiger partial charge in [-0.25, -0.2) is 9.97 Å². The van der Waals surface area contributed by atoms with Crippen molar-refractivity contribution in [2.45, 2.75) is 104 Å². The third-order valence-electron chi connectivity index (χ3n) is 5.75. The molecule has 0 saturated heterocycles. The summed E-state index contributed by atoms with van der Waals surface area (Å²) in [5.41, 5.74) is 2.27. The van der Waals surface area contributed by atoms with Crippen LogP contribution in [-0.2, 0) is 11.2 Å². The molecule has 1 heterocycles. The number of rotatable bonds is 17. The van der Waals surface area contributed by atoms with E-state index in [4.69, 9.17) is 9.47 Å². The van der Waals surface area contributed by atoms with Crippen molar-refractivity contribution in [2.75, 3.05) is 7.11 Å². The highest BCUT2D eigenvalue weighted by molar-refractivity contribution is 5.58. The molecule has 0 bridgehead atoms. The van der Waals surface area contributed by atoms with E-state index in [9.17, 15) is 0 Å². The first-order valence-electron chi connectivity index (χ1n) is 12.4. The van der Waals surface area contributed by atoms with E-state index in [1.54, 1.807) is 19.5 Å². The number of nitrogens with zero attached hydrogens (tertiary/aromatic N) is 2. The van der Waals surface area contributed by atoms with Crippen molar-refractivity contribution in [3.8, 4) is 17.1 Å². The molecule has 0 saturated carbocycles. The number of hydrogen-bond acceptors (Lipinski definition) is 4. The summed E-state index contributed by atoms with van der Waals surface area (Å²) in [6.07, 6.45) is 19.4. The summed E-state index contributed by atoms with van der Waals surface area (Å²) >= 11 is 0. The first-order chi connectivity index (χ1) is 15.3. The van der Waals surface area contributed by atoms with Gasteiger partial charge in [-0.1, -0.05) is 71.6 Å². The molecule has 0 aliphatic rings. The Bertz CT molecular complexity index is 706. The maximum Gasteiger partial charge on any atom is 0.199 e. The van der Waals surface area contributed by atoms with E-state index in [0.29, 0.717) is 0 Å². The van der Waals surface area contributed by atoms with E-state index in [1.165, 1.54) is 69.8 Å². The van der Waals surface area contributed by atoms with Crippen molar-refractivity contribution in [2.24, 2.45) is 0 Å². The largest absolute Gasteiger partial charge is 0.465 e. The molecule has 0 amide bonds. The lowest BCUT2D eigenvalue weighted by molar-refractivity contribution is -0.0598. The highest BCUT2D eigenvalue weighted by Crippen LogP contribution is 2.28. The lowest BCUT2D eigenvalue weighted by atomic mass is 10.0. The van der Waals surface area contributed by atoms with Crippen LogP contribution in [0, 0.1) is 0 Å². The van der Waals surface area contributed by atoms with Gasteiger partial charge in [0.2, 0.25) is 0 Å².